The zero-order valence-electron chi connectivity index (χ0n) is 15.8. The summed E-state index contributed by atoms with van der Waals surface area (Å²) in [6.45, 7) is 8.64. The van der Waals surface area contributed by atoms with Gasteiger partial charge in [0.2, 0.25) is 0 Å². The second-order valence-corrected chi connectivity index (χ2v) is 9.56. The zero-order valence-corrected chi connectivity index (χ0v) is 16.6. The number of hydrogen-bond acceptors (Lipinski definition) is 4. The van der Waals surface area contributed by atoms with Crippen LogP contribution >= 0.6 is 8.03 Å². The van der Waals surface area contributed by atoms with Crippen molar-refractivity contribution in [3.05, 3.63) is 0 Å². The molecule has 4 unspecified atom stereocenters. The van der Waals surface area contributed by atoms with Crippen LogP contribution in [0.4, 0.5) is 0 Å². The molecule has 0 spiro atoms. The topological polar surface area (TPSA) is 52.6 Å². The maximum Gasteiger partial charge on any atom is 0.509 e. The highest BCUT2D eigenvalue weighted by Crippen LogP contribution is 2.55. The summed E-state index contributed by atoms with van der Waals surface area (Å²) in [4.78, 5) is 12.3. The predicted octanol–water partition coefficient (Wildman–Crippen LogP) is 5.33. The van der Waals surface area contributed by atoms with E-state index in [1.807, 2.05) is 13.8 Å². The van der Waals surface area contributed by atoms with Gasteiger partial charge >= 0.3 is 14.0 Å². The molecule has 0 radical (unpaired) electrons. The molecule has 2 fully saturated rings. The molecule has 0 aromatic carbocycles. The predicted molar refractivity (Wildman–Crippen MR) is 96.2 cm³/mol. The van der Waals surface area contributed by atoms with Crippen molar-refractivity contribution in [1.29, 1.82) is 0 Å². The first-order valence-electron chi connectivity index (χ1n) is 9.61. The first-order chi connectivity index (χ1) is 11.3. The van der Waals surface area contributed by atoms with E-state index in [4.69, 9.17) is 9.26 Å². The molecule has 24 heavy (non-hydrogen) atoms. The molecule has 0 saturated heterocycles. The highest BCUT2D eigenvalue weighted by molar-refractivity contribution is 7.39. The van der Waals surface area contributed by atoms with Crippen LogP contribution in [0, 0.1) is 23.2 Å². The largest absolute Gasteiger partial charge is 0.509 e. The highest BCUT2D eigenvalue weighted by atomic mass is 31.1. The second kappa shape index (κ2) is 8.76. The Balaban J connectivity index is 1.86. The van der Waals surface area contributed by atoms with Gasteiger partial charge < -0.3 is 4.74 Å². The molecule has 0 aliphatic heterocycles. The quantitative estimate of drug-likeness (QED) is 0.413. The van der Waals surface area contributed by atoms with Gasteiger partial charge in [0.1, 0.15) is 12.0 Å². The van der Waals surface area contributed by atoms with E-state index in [1.165, 1.54) is 32.1 Å². The summed E-state index contributed by atoms with van der Waals surface area (Å²) in [7, 11) is -1.81. The summed E-state index contributed by atoms with van der Waals surface area (Å²) < 4.78 is 23.5. The van der Waals surface area contributed by atoms with E-state index in [9.17, 15) is 9.36 Å². The first-order valence-corrected chi connectivity index (χ1v) is 11.0. The summed E-state index contributed by atoms with van der Waals surface area (Å²) in [5, 5.41) is 0. The summed E-state index contributed by atoms with van der Waals surface area (Å²) in [6.07, 6.45) is 8.39. The van der Waals surface area contributed by atoms with Crippen LogP contribution in [-0.4, -0.2) is 24.8 Å². The Hall–Kier alpha value is -0.470. The van der Waals surface area contributed by atoms with E-state index in [2.05, 4.69) is 13.8 Å². The summed E-state index contributed by atoms with van der Waals surface area (Å²) in [6, 6.07) is 0. The molecule has 2 aliphatic rings. The molecule has 0 bridgehead atoms. The molecule has 0 aromatic rings. The molecule has 2 saturated carbocycles. The Morgan fingerprint density at radius 1 is 1.25 bits per heavy atom. The molecular formula is C19H34O4P+. The van der Waals surface area contributed by atoms with Gasteiger partial charge in [-0.15, -0.1) is 4.52 Å². The fraction of sp³-hybridized carbons (Fsp3) is 0.947. The van der Waals surface area contributed by atoms with E-state index in [0.29, 0.717) is 30.0 Å². The monoisotopic (exact) mass is 357 g/mol. The van der Waals surface area contributed by atoms with Crippen molar-refractivity contribution in [3.63, 3.8) is 0 Å². The molecule has 4 atom stereocenters. The zero-order chi connectivity index (χ0) is 17.7. The molecule has 0 N–H and O–H groups in total. The minimum atomic E-state index is -1.81. The van der Waals surface area contributed by atoms with Gasteiger partial charge in [0, 0.05) is 0 Å². The van der Waals surface area contributed by atoms with Gasteiger partial charge in [-0.05, 0) is 48.5 Å². The lowest BCUT2D eigenvalue weighted by Crippen LogP contribution is -2.24. The molecule has 0 heterocycles. The number of carbonyl (C=O) groups is 1. The summed E-state index contributed by atoms with van der Waals surface area (Å²) in [5.41, 5.74) is 0.304. The van der Waals surface area contributed by atoms with Crippen molar-refractivity contribution in [2.24, 2.45) is 23.2 Å². The van der Waals surface area contributed by atoms with Crippen LogP contribution in [0.15, 0.2) is 0 Å². The Morgan fingerprint density at radius 3 is 2.42 bits per heavy atom. The smallest absolute Gasteiger partial charge is 0.466 e. The Labute approximate surface area is 147 Å². The number of hydrogen-bond donors (Lipinski definition) is 0. The van der Waals surface area contributed by atoms with Crippen molar-refractivity contribution in [2.45, 2.75) is 78.7 Å². The van der Waals surface area contributed by atoms with Crippen LogP contribution in [0.25, 0.3) is 0 Å². The van der Waals surface area contributed by atoms with Crippen molar-refractivity contribution in [3.8, 4) is 0 Å². The van der Waals surface area contributed by atoms with Crippen LogP contribution in [-0.2, 0) is 18.6 Å². The molecule has 5 heteroatoms. The van der Waals surface area contributed by atoms with Crippen LogP contribution in [0.1, 0.15) is 72.6 Å². The maximum absolute atomic E-state index is 12.5. The molecule has 0 amide bonds. The molecule has 138 valence electrons. The third-order valence-corrected chi connectivity index (χ3v) is 7.08. The van der Waals surface area contributed by atoms with E-state index >= 15 is 0 Å². The highest BCUT2D eigenvalue weighted by Gasteiger charge is 2.51. The standard InChI is InChI=1S/C19H34O4P/c1-5-22-18(20)16(11-15-9-7-6-8-10-15)13-24(21)23-14(2)17-12-19(17,3)4/h14-17H,5-13H2,1-4H3/q+1. The van der Waals surface area contributed by atoms with Crippen LogP contribution in [0.5, 0.6) is 0 Å². The lowest BCUT2D eigenvalue weighted by molar-refractivity contribution is -0.148. The van der Waals surface area contributed by atoms with Crippen LogP contribution in [0.2, 0.25) is 0 Å². The number of rotatable bonds is 9. The molecule has 2 rings (SSSR count). The van der Waals surface area contributed by atoms with Gasteiger partial charge in [-0.1, -0.05) is 46.0 Å². The maximum atomic E-state index is 12.5. The van der Waals surface area contributed by atoms with Gasteiger partial charge in [0.25, 0.3) is 0 Å². The number of carbonyl (C=O) groups excluding carboxylic acids is 1. The summed E-state index contributed by atoms with van der Waals surface area (Å²) in [5.74, 6) is 0.567. The van der Waals surface area contributed by atoms with Gasteiger partial charge in [0.05, 0.1) is 6.61 Å². The van der Waals surface area contributed by atoms with Crippen LogP contribution in [0.3, 0.4) is 0 Å². The molecule has 4 nitrogen and oxygen atoms in total. The summed E-state index contributed by atoms with van der Waals surface area (Å²) >= 11 is 0. The van der Waals surface area contributed by atoms with Crippen molar-refractivity contribution in [1.82, 2.24) is 0 Å². The Kier molecular flexibility index (Phi) is 7.24. The van der Waals surface area contributed by atoms with E-state index in [1.54, 1.807) is 0 Å². The Bertz CT molecular complexity index is 443. The normalized spacial score (nSPS) is 26.5. The second-order valence-electron chi connectivity index (χ2n) is 8.31. The Morgan fingerprint density at radius 2 is 1.88 bits per heavy atom. The number of esters is 1. The van der Waals surface area contributed by atoms with Gasteiger partial charge in [-0.25, -0.2) is 0 Å². The van der Waals surface area contributed by atoms with Crippen LogP contribution < -0.4 is 0 Å². The molecule has 0 aromatic heterocycles. The fourth-order valence-corrected chi connectivity index (χ4v) is 5.38. The molecular weight excluding hydrogens is 323 g/mol. The van der Waals surface area contributed by atoms with Crippen molar-refractivity contribution >= 4 is 14.0 Å². The van der Waals surface area contributed by atoms with E-state index in [-0.39, 0.29) is 18.0 Å². The number of ether oxygens (including phenoxy) is 1. The average Bonchev–Trinajstić information content (AvgIpc) is 3.17. The average molecular weight is 357 g/mol. The lowest BCUT2D eigenvalue weighted by Gasteiger charge is -2.23. The van der Waals surface area contributed by atoms with Gasteiger partial charge in [-0.3, -0.25) is 4.79 Å². The van der Waals surface area contributed by atoms with E-state index < -0.39 is 8.03 Å². The molecule has 2 aliphatic carbocycles. The fourth-order valence-electron chi connectivity index (χ4n) is 4.12. The van der Waals surface area contributed by atoms with Crippen molar-refractivity contribution < 1.29 is 18.6 Å². The van der Waals surface area contributed by atoms with Gasteiger partial charge in [-0.2, -0.15) is 0 Å². The SMILES string of the molecule is CCOC(=O)C(CC1CCCCC1)C[P+](=O)OC(C)C1CC1(C)C. The lowest BCUT2D eigenvalue weighted by atomic mass is 9.83. The first kappa shape index (κ1) is 19.8. The van der Waals surface area contributed by atoms with E-state index in [0.717, 1.165) is 12.8 Å². The van der Waals surface area contributed by atoms with Crippen molar-refractivity contribution in [2.75, 3.05) is 12.8 Å². The third kappa shape index (κ3) is 5.81. The minimum Gasteiger partial charge on any atom is -0.466 e. The van der Waals surface area contributed by atoms with Gasteiger partial charge in [0.15, 0.2) is 6.16 Å². The third-order valence-electron chi connectivity index (χ3n) is 5.77. The minimum absolute atomic E-state index is 0.00105.